The average Bonchev–Trinajstić information content (AvgIpc) is 2.35. The highest BCUT2D eigenvalue weighted by atomic mass is 16.5. The van der Waals surface area contributed by atoms with Crippen molar-refractivity contribution < 1.29 is 14.6 Å². The molecule has 0 heterocycles. The normalized spacial score (nSPS) is 47.4. The molecule has 4 rings (SSSR count). The maximum atomic E-state index is 12.6. The van der Waals surface area contributed by atoms with E-state index in [1.54, 1.807) is 0 Å². The summed E-state index contributed by atoms with van der Waals surface area (Å²) in [6, 6.07) is 0. The molecule has 3 unspecified atom stereocenters. The van der Waals surface area contributed by atoms with Gasteiger partial charge in [0.15, 0.2) is 0 Å². The summed E-state index contributed by atoms with van der Waals surface area (Å²) in [5.74, 6) is 1.45. The molecule has 4 aliphatic rings. The Kier molecular flexibility index (Phi) is 3.16. The fourth-order valence-corrected chi connectivity index (χ4v) is 5.05. The molecule has 3 nitrogen and oxygen atoms in total. The number of aliphatic hydroxyl groups is 1. The van der Waals surface area contributed by atoms with E-state index in [-0.39, 0.29) is 5.97 Å². The smallest absolute Gasteiger partial charge is 0.315 e. The van der Waals surface area contributed by atoms with Crippen molar-refractivity contribution in [3.8, 4) is 0 Å². The van der Waals surface area contributed by atoms with Gasteiger partial charge in [0.2, 0.25) is 0 Å². The standard InChI is InChI=1S/C16H26O3/c1-3-4-5-19-14(17)16-9-11-6-12(10-16)8-13(7-11)15(16,2)18/h11-13,18H,3-10H2,1-2H3. The molecule has 0 aliphatic heterocycles. The molecule has 1 N–H and O–H groups in total. The van der Waals surface area contributed by atoms with E-state index in [1.165, 1.54) is 6.42 Å². The van der Waals surface area contributed by atoms with Crippen molar-refractivity contribution in [2.75, 3.05) is 6.61 Å². The van der Waals surface area contributed by atoms with Crippen molar-refractivity contribution in [2.45, 2.75) is 64.4 Å². The van der Waals surface area contributed by atoms with E-state index >= 15 is 0 Å². The van der Waals surface area contributed by atoms with Crippen LogP contribution >= 0.6 is 0 Å². The van der Waals surface area contributed by atoms with Gasteiger partial charge in [-0.25, -0.2) is 0 Å². The van der Waals surface area contributed by atoms with Gasteiger partial charge in [-0.15, -0.1) is 0 Å². The van der Waals surface area contributed by atoms with Gasteiger partial charge in [0.25, 0.3) is 0 Å². The van der Waals surface area contributed by atoms with Crippen molar-refractivity contribution in [3.63, 3.8) is 0 Å². The Morgan fingerprint density at radius 3 is 2.47 bits per heavy atom. The van der Waals surface area contributed by atoms with Gasteiger partial charge in [-0.1, -0.05) is 13.3 Å². The Morgan fingerprint density at radius 1 is 1.26 bits per heavy atom. The van der Waals surface area contributed by atoms with Gasteiger partial charge in [-0.05, 0) is 63.2 Å². The quantitative estimate of drug-likeness (QED) is 0.628. The zero-order chi connectivity index (χ0) is 13.7. The molecule has 4 aliphatic carbocycles. The minimum Gasteiger partial charge on any atom is -0.465 e. The molecular weight excluding hydrogens is 240 g/mol. The number of carbonyl (C=O) groups is 1. The Labute approximate surface area is 115 Å². The number of hydrogen-bond acceptors (Lipinski definition) is 3. The topological polar surface area (TPSA) is 46.5 Å². The Morgan fingerprint density at radius 2 is 1.89 bits per heavy atom. The lowest BCUT2D eigenvalue weighted by Crippen LogP contribution is -2.66. The second-order valence-corrected chi connectivity index (χ2v) is 7.26. The van der Waals surface area contributed by atoms with Crippen LogP contribution in [0.2, 0.25) is 0 Å². The van der Waals surface area contributed by atoms with Gasteiger partial charge in [-0.2, -0.15) is 0 Å². The fraction of sp³-hybridized carbons (Fsp3) is 0.938. The van der Waals surface area contributed by atoms with E-state index in [0.717, 1.165) is 38.5 Å². The van der Waals surface area contributed by atoms with Gasteiger partial charge in [0.1, 0.15) is 0 Å². The molecule has 3 heteroatoms. The Hall–Kier alpha value is -0.570. The first-order valence-corrected chi connectivity index (χ1v) is 7.89. The SMILES string of the molecule is CCCCOC(=O)C12CC3CC(CC(C3)C1(C)O)C2. The van der Waals surface area contributed by atoms with E-state index in [1.807, 2.05) is 6.92 Å². The largest absolute Gasteiger partial charge is 0.465 e. The molecular formula is C16H26O3. The zero-order valence-corrected chi connectivity index (χ0v) is 12.2. The summed E-state index contributed by atoms with van der Waals surface area (Å²) < 4.78 is 5.50. The zero-order valence-electron chi connectivity index (χ0n) is 12.2. The monoisotopic (exact) mass is 266 g/mol. The summed E-state index contributed by atoms with van der Waals surface area (Å²) in [6.45, 7) is 4.48. The van der Waals surface area contributed by atoms with Crippen LogP contribution < -0.4 is 0 Å². The molecule has 0 aromatic carbocycles. The second-order valence-electron chi connectivity index (χ2n) is 7.26. The molecule has 0 aromatic rings. The van der Waals surface area contributed by atoms with Gasteiger partial charge in [-0.3, -0.25) is 4.79 Å². The molecule has 4 saturated carbocycles. The maximum absolute atomic E-state index is 12.6. The molecule has 0 spiro atoms. The van der Waals surface area contributed by atoms with Crippen molar-refractivity contribution in [2.24, 2.45) is 23.2 Å². The highest BCUT2D eigenvalue weighted by Crippen LogP contribution is 2.64. The molecule has 4 fully saturated rings. The van der Waals surface area contributed by atoms with Crippen molar-refractivity contribution in [3.05, 3.63) is 0 Å². The third kappa shape index (κ3) is 1.84. The molecule has 0 radical (unpaired) electrons. The van der Waals surface area contributed by atoms with Crippen molar-refractivity contribution in [1.29, 1.82) is 0 Å². The summed E-state index contributed by atoms with van der Waals surface area (Å²) in [7, 11) is 0. The van der Waals surface area contributed by atoms with E-state index in [4.69, 9.17) is 4.74 Å². The molecule has 0 saturated heterocycles. The van der Waals surface area contributed by atoms with E-state index < -0.39 is 11.0 Å². The van der Waals surface area contributed by atoms with Crippen molar-refractivity contribution >= 4 is 5.97 Å². The summed E-state index contributed by atoms with van der Waals surface area (Å²) in [6.07, 6.45) is 7.11. The van der Waals surface area contributed by atoms with Crippen molar-refractivity contribution in [1.82, 2.24) is 0 Å². The number of carbonyl (C=O) groups excluding carboxylic acids is 1. The Bertz CT molecular complexity index is 360. The summed E-state index contributed by atoms with van der Waals surface area (Å²) in [4.78, 5) is 12.6. The number of esters is 1. The van der Waals surface area contributed by atoms with E-state index in [9.17, 15) is 9.90 Å². The number of unbranched alkanes of at least 4 members (excludes halogenated alkanes) is 1. The summed E-state index contributed by atoms with van der Waals surface area (Å²) >= 11 is 0. The van der Waals surface area contributed by atoms with Crippen LogP contribution in [-0.2, 0) is 9.53 Å². The first-order chi connectivity index (χ1) is 8.99. The average molecular weight is 266 g/mol. The van der Waals surface area contributed by atoms with Crippen LogP contribution in [0.15, 0.2) is 0 Å². The van der Waals surface area contributed by atoms with Gasteiger partial charge < -0.3 is 9.84 Å². The van der Waals surface area contributed by atoms with Crippen LogP contribution in [-0.4, -0.2) is 23.3 Å². The lowest BCUT2D eigenvalue weighted by atomic mass is 9.43. The van der Waals surface area contributed by atoms with Crippen LogP contribution in [0, 0.1) is 23.2 Å². The summed E-state index contributed by atoms with van der Waals surface area (Å²) in [5.41, 5.74) is -1.46. The minimum absolute atomic E-state index is 0.120. The third-order valence-electron chi connectivity index (χ3n) is 6.06. The highest BCUT2D eigenvalue weighted by molar-refractivity contribution is 5.79. The first kappa shape index (κ1) is 13.4. The van der Waals surface area contributed by atoms with Crippen LogP contribution in [0.5, 0.6) is 0 Å². The molecule has 3 atom stereocenters. The Balaban J connectivity index is 1.82. The number of rotatable bonds is 4. The minimum atomic E-state index is -0.857. The van der Waals surface area contributed by atoms with Gasteiger partial charge in [0.05, 0.1) is 17.6 Å². The lowest BCUT2D eigenvalue weighted by Gasteiger charge is -2.62. The maximum Gasteiger partial charge on any atom is 0.315 e. The predicted molar refractivity (Wildman–Crippen MR) is 72.5 cm³/mol. The lowest BCUT2D eigenvalue weighted by molar-refractivity contribution is -0.232. The number of ether oxygens (including phenoxy) is 1. The van der Waals surface area contributed by atoms with Crippen LogP contribution in [0.3, 0.4) is 0 Å². The van der Waals surface area contributed by atoms with E-state index in [0.29, 0.717) is 24.4 Å². The molecule has 0 aromatic heterocycles. The van der Waals surface area contributed by atoms with E-state index in [2.05, 4.69) is 6.92 Å². The third-order valence-corrected chi connectivity index (χ3v) is 6.06. The number of hydrogen-bond donors (Lipinski definition) is 1. The molecule has 4 bridgehead atoms. The van der Waals surface area contributed by atoms with Crippen LogP contribution in [0.4, 0.5) is 0 Å². The predicted octanol–water partition coefficient (Wildman–Crippen LogP) is 2.91. The molecule has 19 heavy (non-hydrogen) atoms. The summed E-state index contributed by atoms with van der Waals surface area (Å²) in [5, 5.41) is 11.0. The van der Waals surface area contributed by atoms with Gasteiger partial charge >= 0.3 is 5.97 Å². The first-order valence-electron chi connectivity index (χ1n) is 7.89. The molecule has 108 valence electrons. The fourth-order valence-electron chi connectivity index (χ4n) is 5.05. The van der Waals surface area contributed by atoms with Crippen LogP contribution in [0.1, 0.15) is 58.8 Å². The second kappa shape index (κ2) is 4.47. The highest BCUT2D eigenvalue weighted by Gasteiger charge is 2.67. The van der Waals surface area contributed by atoms with Crippen LogP contribution in [0.25, 0.3) is 0 Å². The molecule has 0 amide bonds. The van der Waals surface area contributed by atoms with Gasteiger partial charge in [0, 0.05) is 0 Å².